The lowest BCUT2D eigenvalue weighted by Gasteiger charge is -2.20. The van der Waals surface area contributed by atoms with Crippen LogP contribution in [0.3, 0.4) is 0 Å². The van der Waals surface area contributed by atoms with Crippen molar-refractivity contribution >= 4 is 40.2 Å². The third-order valence-electron chi connectivity index (χ3n) is 6.48. The van der Waals surface area contributed by atoms with Crippen molar-refractivity contribution < 1.29 is 9.59 Å². The number of benzene rings is 1. The number of hydrogen-bond acceptors (Lipinski definition) is 6. The molecule has 1 saturated carbocycles. The predicted octanol–water partition coefficient (Wildman–Crippen LogP) is 2.38. The Morgan fingerprint density at radius 1 is 1.30 bits per heavy atom. The Kier molecular flexibility index (Phi) is 4.78. The highest BCUT2D eigenvalue weighted by Crippen LogP contribution is 2.53. The van der Waals surface area contributed by atoms with Gasteiger partial charge in [-0.15, -0.1) is 11.8 Å². The van der Waals surface area contributed by atoms with Gasteiger partial charge in [0.25, 0.3) is 5.91 Å². The van der Waals surface area contributed by atoms with E-state index in [1.54, 1.807) is 24.0 Å². The van der Waals surface area contributed by atoms with Crippen molar-refractivity contribution in [3.05, 3.63) is 36.0 Å². The van der Waals surface area contributed by atoms with Crippen LogP contribution >= 0.6 is 11.8 Å². The third kappa shape index (κ3) is 3.47. The zero-order chi connectivity index (χ0) is 20.7. The van der Waals surface area contributed by atoms with E-state index >= 15 is 0 Å². The van der Waals surface area contributed by atoms with Gasteiger partial charge in [-0.05, 0) is 48.9 Å². The Hall–Kier alpha value is -2.79. The fourth-order valence-corrected chi connectivity index (χ4v) is 5.52. The lowest BCUT2D eigenvalue weighted by Crippen LogP contribution is -2.42. The molecule has 1 aliphatic carbocycles. The summed E-state index contributed by atoms with van der Waals surface area (Å²) in [6.07, 6.45) is 5.51. The summed E-state index contributed by atoms with van der Waals surface area (Å²) < 4.78 is 0. The van der Waals surface area contributed by atoms with Crippen LogP contribution in [0.15, 0.2) is 30.5 Å². The standard InChI is InChI=1S/C22H23N5O2S/c23-10-16-12-30-14-27(16)20(28)11-25-21(29)17-3-7-24-19-2-1-15(9-18(17)19)26-8-6-22(13-26)4-5-22/h1-3,7,9,16H,4-6,8,11-14H2,(H,25,29). The van der Waals surface area contributed by atoms with Crippen molar-refractivity contribution in [1.29, 1.82) is 5.26 Å². The van der Waals surface area contributed by atoms with Crippen molar-refractivity contribution in [2.45, 2.75) is 25.3 Å². The summed E-state index contributed by atoms with van der Waals surface area (Å²) in [5.74, 6) is 0.580. The molecule has 30 heavy (non-hydrogen) atoms. The minimum Gasteiger partial charge on any atom is -0.371 e. The van der Waals surface area contributed by atoms with Crippen LogP contribution in [0.25, 0.3) is 10.9 Å². The first kappa shape index (κ1) is 19.2. The fourth-order valence-electron chi connectivity index (χ4n) is 4.42. The van der Waals surface area contributed by atoms with Gasteiger partial charge in [0.2, 0.25) is 5.91 Å². The van der Waals surface area contributed by atoms with Gasteiger partial charge < -0.3 is 15.1 Å². The minimum absolute atomic E-state index is 0.115. The molecule has 2 saturated heterocycles. The number of nitrogens with zero attached hydrogens (tertiary/aromatic N) is 4. The van der Waals surface area contributed by atoms with Crippen molar-refractivity contribution in [3.63, 3.8) is 0 Å². The molecule has 154 valence electrons. The Morgan fingerprint density at radius 3 is 2.93 bits per heavy atom. The number of pyridine rings is 1. The van der Waals surface area contributed by atoms with E-state index in [-0.39, 0.29) is 18.4 Å². The number of amides is 2. The van der Waals surface area contributed by atoms with Gasteiger partial charge in [0.1, 0.15) is 6.04 Å². The van der Waals surface area contributed by atoms with Gasteiger partial charge in [0.05, 0.1) is 29.6 Å². The number of carbonyl (C=O) groups is 2. The summed E-state index contributed by atoms with van der Waals surface area (Å²) in [7, 11) is 0. The van der Waals surface area contributed by atoms with Gasteiger partial charge in [0.15, 0.2) is 0 Å². The normalized spacial score (nSPS) is 21.8. The molecule has 1 N–H and O–H groups in total. The number of anilines is 1. The number of carbonyl (C=O) groups excluding carboxylic acids is 2. The Balaban J connectivity index is 1.33. The third-order valence-corrected chi connectivity index (χ3v) is 7.49. The molecule has 3 aliphatic rings. The second-order valence-corrected chi connectivity index (χ2v) is 9.42. The number of fused-ring (bicyclic) bond motifs is 1. The quantitative estimate of drug-likeness (QED) is 0.815. The van der Waals surface area contributed by atoms with E-state index < -0.39 is 6.04 Å². The summed E-state index contributed by atoms with van der Waals surface area (Å²) in [5.41, 5.74) is 2.93. The minimum atomic E-state index is -0.418. The summed E-state index contributed by atoms with van der Waals surface area (Å²) in [6, 6.07) is 9.50. The van der Waals surface area contributed by atoms with Gasteiger partial charge in [-0.3, -0.25) is 14.6 Å². The lowest BCUT2D eigenvalue weighted by atomic mass is 10.1. The molecule has 3 fully saturated rings. The van der Waals surface area contributed by atoms with Crippen molar-refractivity contribution in [2.75, 3.05) is 36.2 Å². The molecule has 1 unspecified atom stereocenters. The monoisotopic (exact) mass is 421 g/mol. The summed E-state index contributed by atoms with van der Waals surface area (Å²) in [4.78, 5) is 33.6. The highest BCUT2D eigenvalue weighted by molar-refractivity contribution is 7.99. The fraction of sp³-hybridized carbons (Fsp3) is 0.455. The molecule has 3 heterocycles. The zero-order valence-corrected chi connectivity index (χ0v) is 17.5. The van der Waals surface area contributed by atoms with Crippen molar-refractivity contribution in [2.24, 2.45) is 5.41 Å². The van der Waals surface area contributed by atoms with Crippen LogP contribution in [0.2, 0.25) is 0 Å². The van der Waals surface area contributed by atoms with Crippen LogP contribution < -0.4 is 10.2 Å². The number of nitriles is 1. The van der Waals surface area contributed by atoms with Gasteiger partial charge in [-0.1, -0.05) is 0 Å². The van der Waals surface area contributed by atoms with Crippen LogP contribution in [0.5, 0.6) is 0 Å². The smallest absolute Gasteiger partial charge is 0.252 e. The van der Waals surface area contributed by atoms with Crippen LogP contribution in [0.1, 0.15) is 29.6 Å². The van der Waals surface area contributed by atoms with E-state index in [0.29, 0.717) is 22.6 Å². The largest absolute Gasteiger partial charge is 0.371 e. The maximum absolute atomic E-state index is 12.9. The first-order valence-electron chi connectivity index (χ1n) is 10.3. The summed E-state index contributed by atoms with van der Waals surface area (Å²) in [5, 5.41) is 12.7. The van der Waals surface area contributed by atoms with Crippen molar-refractivity contribution in [3.8, 4) is 6.07 Å². The molecule has 1 spiro atoms. The molecule has 8 heteroatoms. The second kappa shape index (κ2) is 7.47. The topological polar surface area (TPSA) is 89.3 Å². The molecular weight excluding hydrogens is 398 g/mol. The van der Waals surface area contributed by atoms with E-state index in [0.717, 1.165) is 29.7 Å². The van der Waals surface area contributed by atoms with Crippen molar-refractivity contribution in [1.82, 2.24) is 15.2 Å². The van der Waals surface area contributed by atoms with Gasteiger partial charge >= 0.3 is 0 Å². The van der Waals surface area contributed by atoms with Crippen LogP contribution in [-0.4, -0.2) is 59.0 Å². The van der Waals surface area contributed by atoms with Gasteiger partial charge in [-0.2, -0.15) is 5.26 Å². The first-order valence-corrected chi connectivity index (χ1v) is 11.4. The van der Waals surface area contributed by atoms with E-state index in [9.17, 15) is 9.59 Å². The number of hydrogen-bond donors (Lipinski definition) is 1. The van der Waals surface area contributed by atoms with Crippen LogP contribution in [0.4, 0.5) is 5.69 Å². The molecule has 1 atom stereocenters. The average Bonchev–Trinajstić information content (AvgIpc) is 3.16. The number of nitrogens with one attached hydrogen (secondary N) is 1. The van der Waals surface area contributed by atoms with E-state index in [1.165, 1.54) is 24.2 Å². The Morgan fingerprint density at radius 2 is 2.17 bits per heavy atom. The van der Waals surface area contributed by atoms with Crippen LogP contribution in [0, 0.1) is 16.7 Å². The predicted molar refractivity (Wildman–Crippen MR) is 116 cm³/mol. The molecule has 2 aromatic rings. The summed E-state index contributed by atoms with van der Waals surface area (Å²) in [6.45, 7) is 2.02. The maximum Gasteiger partial charge on any atom is 0.252 e. The second-order valence-electron chi connectivity index (χ2n) is 8.42. The number of thioether (sulfide) groups is 1. The van der Waals surface area contributed by atoms with Gasteiger partial charge in [-0.25, -0.2) is 0 Å². The number of rotatable bonds is 4. The SMILES string of the molecule is N#CC1CSCN1C(=O)CNC(=O)c1ccnc2ccc(N3CCC4(CC4)C3)cc12. The molecule has 2 amide bonds. The van der Waals surface area contributed by atoms with Gasteiger partial charge in [0, 0.05) is 36.1 Å². The lowest BCUT2D eigenvalue weighted by molar-refractivity contribution is -0.129. The molecule has 2 aliphatic heterocycles. The molecule has 0 bridgehead atoms. The maximum atomic E-state index is 12.9. The summed E-state index contributed by atoms with van der Waals surface area (Å²) >= 11 is 1.55. The molecule has 7 nitrogen and oxygen atoms in total. The Bertz CT molecular complexity index is 1060. The first-order chi connectivity index (χ1) is 14.6. The highest BCUT2D eigenvalue weighted by atomic mass is 32.2. The van der Waals surface area contributed by atoms with Crippen LogP contribution in [-0.2, 0) is 4.79 Å². The molecule has 1 aromatic carbocycles. The van der Waals surface area contributed by atoms with E-state index in [4.69, 9.17) is 5.26 Å². The number of aromatic nitrogens is 1. The zero-order valence-electron chi connectivity index (χ0n) is 16.6. The van der Waals surface area contributed by atoms with E-state index in [2.05, 4.69) is 27.3 Å². The average molecular weight is 422 g/mol. The molecule has 0 radical (unpaired) electrons. The highest BCUT2D eigenvalue weighted by Gasteiger charge is 2.47. The molecule has 5 rings (SSSR count). The van der Waals surface area contributed by atoms with E-state index in [1.807, 2.05) is 12.1 Å². The molecular formula is C22H23N5O2S. The molecule has 1 aromatic heterocycles. The Labute approximate surface area is 179 Å².